The second kappa shape index (κ2) is 13.5. The highest BCUT2D eigenvalue weighted by Gasteiger charge is 2.13. The van der Waals surface area contributed by atoms with E-state index in [9.17, 15) is 4.79 Å². The molecule has 5 aromatic carbocycles. The Morgan fingerprint density at radius 3 is 1.69 bits per heavy atom. The Labute approximate surface area is 249 Å². The minimum atomic E-state index is -0.396. The molecule has 0 heterocycles. The zero-order chi connectivity index (χ0) is 29.3. The Balaban J connectivity index is 1.45. The van der Waals surface area contributed by atoms with Gasteiger partial charge in [-0.05, 0) is 84.1 Å². The van der Waals surface area contributed by atoms with Gasteiger partial charge in [0, 0.05) is 29.6 Å². The summed E-state index contributed by atoms with van der Waals surface area (Å²) in [7, 11) is 0. The van der Waals surface area contributed by atoms with E-state index in [0.717, 1.165) is 44.9 Å². The van der Waals surface area contributed by atoms with Crippen molar-refractivity contribution in [2.45, 2.75) is 20.3 Å². The molecule has 0 amide bonds. The largest absolute Gasteiger partial charge is 0.462 e. The van der Waals surface area contributed by atoms with Crippen molar-refractivity contribution in [2.75, 3.05) is 11.5 Å². The highest BCUT2D eigenvalue weighted by molar-refractivity contribution is 5.92. The number of benzene rings is 5. The van der Waals surface area contributed by atoms with E-state index in [2.05, 4.69) is 153 Å². The van der Waals surface area contributed by atoms with E-state index in [-0.39, 0.29) is 0 Å². The molecule has 5 aromatic rings. The second-order valence-electron chi connectivity index (χ2n) is 10.3. The van der Waals surface area contributed by atoms with Crippen LogP contribution in [-0.2, 0) is 16.0 Å². The summed E-state index contributed by atoms with van der Waals surface area (Å²) in [4.78, 5) is 13.6. The maximum absolute atomic E-state index is 11.4. The van der Waals surface area contributed by atoms with Crippen LogP contribution in [0.5, 0.6) is 0 Å². The molecule has 0 saturated heterocycles. The quantitative estimate of drug-likeness (QED) is 0.0987. The molecule has 3 nitrogen and oxygen atoms in total. The third-order valence-electron chi connectivity index (χ3n) is 7.20. The molecule has 0 saturated carbocycles. The molecule has 5 rings (SSSR count). The fourth-order valence-electron chi connectivity index (χ4n) is 4.85. The first-order valence-corrected chi connectivity index (χ1v) is 14.2. The van der Waals surface area contributed by atoms with Gasteiger partial charge in [-0.25, -0.2) is 4.79 Å². The van der Waals surface area contributed by atoms with Crippen LogP contribution in [-0.4, -0.2) is 12.6 Å². The highest BCUT2D eigenvalue weighted by Crippen LogP contribution is 2.35. The first-order valence-electron chi connectivity index (χ1n) is 14.2. The molecule has 0 bridgehead atoms. The summed E-state index contributed by atoms with van der Waals surface area (Å²) < 4.78 is 5.14. The van der Waals surface area contributed by atoms with Crippen molar-refractivity contribution in [1.82, 2.24) is 0 Å². The van der Waals surface area contributed by atoms with Gasteiger partial charge in [0.15, 0.2) is 0 Å². The number of anilines is 3. The molecule has 0 N–H and O–H groups in total. The van der Waals surface area contributed by atoms with Crippen LogP contribution in [0.2, 0.25) is 0 Å². The molecule has 0 aromatic heterocycles. The summed E-state index contributed by atoms with van der Waals surface area (Å²) in [5, 5.41) is 0. The third-order valence-corrected chi connectivity index (χ3v) is 7.20. The zero-order valence-electron chi connectivity index (χ0n) is 24.2. The molecule has 0 spiro atoms. The fraction of sp³-hybridized carbons (Fsp3) is 0.103. The maximum atomic E-state index is 11.4. The number of aryl methyl sites for hydroxylation is 2. The molecule has 208 valence electrons. The molecule has 0 fully saturated rings. The van der Waals surface area contributed by atoms with E-state index in [4.69, 9.17) is 4.74 Å². The Morgan fingerprint density at radius 2 is 1.17 bits per heavy atom. The number of hydrogen-bond donors (Lipinski definition) is 0. The number of carbonyl (C=O) groups excluding carboxylic acids is 1. The molecule has 3 heteroatoms. The van der Waals surface area contributed by atoms with E-state index in [1.165, 1.54) is 17.2 Å². The number of ether oxygens (including phenoxy) is 1. The van der Waals surface area contributed by atoms with Gasteiger partial charge >= 0.3 is 5.97 Å². The van der Waals surface area contributed by atoms with E-state index in [1.807, 2.05) is 6.07 Å². The Bertz CT molecular complexity index is 1600. The normalized spacial score (nSPS) is 11.1. The van der Waals surface area contributed by atoms with Gasteiger partial charge in [0.2, 0.25) is 0 Å². The second-order valence-corrected chi connectivity index (χ2v) is 10.3. The van der Waals surface area contributed by atoms with Crippen LogP contribution in [0.25, 0.3) is 11.6 Å². The molecule has 0 aliphatic rings. The first-order chi connectivity index (χ1) is 20.5. The molecular weight excluding hydrogens is 514 g/mol. The van der Waals surface area contributed by atoms with Crippen molar-refractivity contribution in [3.05, 3.63) is 173 Å². The Kier molecular flexibility index (Phi) is 9.10. The molecular formula is C39H35NO2. The Morgan fingerprint density at radius 1 is 0.667 bits per heavy atom. The first kappa shape index (κ1) is 28.4. The van der Waals surface area contributed by atoms with Crippen molar-refractivity contribution in [2.24, 2.45) is 0 Å². The molecule has 42 heavy (non-hydrogen) atoms. The number of carbonyl (C=O) groups is 1. The van der Waals surface area contributed by atoms with Crippen molar-refractivity contribution in [3.63, 3.8) is 0 Å². The van der Waals surface area contributed by atoms with Crippen molar-refractivity contribution in [1.29, 1.82) is 0 Å². The maximum Gasteiger partial charge on any atom is 0.330 e. The average molecular weight is 550 g/mol. The van der Waals surface area contributed by atoms with Crippen LogP contribution in [0, 0.1) is 13.8 Å². The number of rotatable bonds is 10. The van der Waals surface area contributed by atoms with Crippen LogP contribution in [0.3, 0.4) is 0 Å². The van der Waals surface area contributed by atoms with Crippen molar-refractivity contribution >= 4 is 34.7 Å². The van der Waals surface area contributed by atoms with Gasteiger partial charge in [-0.15, -0.1) is 0 Å². The summed E-state index contributed by atoms with van der Waals surface area (Å²) in [6.45, 7) is 8.00. The van der Waals surface area contributed by atoms with Gasteiger partial charge in [-0.3, -0.25) is 0 Å². The lowest BCUT2D eigenvalue weighted by Gasteiger charge is -2.26. The van der Waals surface area contributed by atoms with Gasteiger partial charge in [0.05, 0.1) is 6.61 Å². The third kappa shape index (κ3) is 7.13. The standard InChI is InChI=1S/C39H35NO2/c1-4-39(41)42-27-26-31-14-18-34(19-15-31)38(33-8-6-5-7-9-33)28-32-16-24-37(25-17-32)40(35-20-10-29(2)11-21-35)36-22-12-30(3)13-23-36/h4-25,28H,1,26-27H2,2-3H3/b38-28-. The predicted octanol–water partition coefficient (Wildman–Crippen LogP) is 9.63. The lowest BCUT2D eigenvalue weighted by Crippen LogP contribution is -2.09. The number of nitrogens with zero attached hydrogens (tertiary/aromatic N) is 1. The number of hydrogen-bond acceptors (Lipinski definition) is 3. The highest BCUT2D eigenvalue weighted by atomic mass is 16.5. The lowest BCUT2D eigenvalue weighted by molar-refractivity contribution is -0.137. The van der Waals surface area contributed by atoms with Gasteiger partial charge in [0.25, 0.3) is 0 Å². The van der Waals surface area contributed by atoms with Gasteiger partial charge in [0.1, 0.15) is 0 Å². The molecule has 0 unspecified atom stereocenters. The summed E-state index contributed by atoms with van der Waals surface area (Å²) in [6.07, 6.45) is 4.08. The van der Waals surface area contributed by atoms with Crippen LogP contribution in [0.1, 0.15) is 33.4 Å². The minimum Gasteiger partial charge on any atom is -0.462 e. The summed E-state index contributed by atoms with van der Waals surface area (Å²) in [6, 6.07) is 44.9. The van der Waals surface area contributed by atoms with Crippen LogP contribution in [0.4, 0.5) is 17.1 Å². The molecule has 0 radical (unpaired) electrons. The molecule has 0 aliphatic carbocycles. The summed E-state index contributed by atoms with van der Waals surface area (Å²) in [5.74, 6) is -0.396. The van der Waals surface area contributed by atoms with Crippen molar-refractivity contribution < 1.29 is 9.53 Å². The van der Waals surface area contributed by atoms with E-state index >= 15 is 0 Å². The van der Waals surface area contributed by atoms with Gasteiger partial charge in [-0.2, -0.15) is 0 Å². The van der Waals surface area contributed by atoms with E-state index in [1.54, 1.807) is 0 Å². The number of esters is 1. The SMILES string of the molecule is C=CC(=O)OCCc1ccc(/C(=C\c2ccc(N(c3ccc(C)cc3)c3ccc(C)cc3)cc2)c2ccccc2)cc1. The van der Waals surface area contributed by atoms with E-state index in [0.29, 0.717) is 13.0 Å². The molecule has 0 atom stereocenters. The van der Waals surface area contributed by atoms with Gasteiger partial charge in [-0.1, -0.05) is 109 Å². The van der Waals surface area contributed by atoms with E-state index < -0.39 is 5.97 Å². The topological polar surface area (TPSA) is 29.5 Å². The van der Waals surface area contributed by atoms with Crippen molar-refractivity contribution in [3.8, 4) is 0 Å². The smallest absolute Gasteiger partial charge is 0.330 e. The minimum absolute atomic E-state index is 0.333. The summed E-state index contributed by atoms with van der Waals surface area (Å²) >= 11 is 0. The predicted molar refractivity (Wildman–Crippen MR) is 175 cm³/mol. The average Bonchev–Trinajstić information content (AvgIpc) is 3.03. The summed E-state index contributed by atoms with van der Waals surface area (Å²) in [5.41, 5.74) is 11.5. The Hall–Kier alpha value is -5.15. The fourth-order valence-corrected chi connectivity index (χ4v) is 4.85. The van der Waals surface area contributed by atoms with Crippen LogP contribution < -0.4 is 4.90 Å². The van der Waals surface area contributed by atoms with Crippen LogP contribution in [0.15, 0.2) is 140 Å². The molecule has 0 aliphatic heterocycles. The van der Waals surface area contributed by atoms with Gasteiger partial charge < -0.3 is 9.64 Å². The lowest BCUT2D eigenvalue weighted by atomic mass is 9.94. The van der Waals surface area contributed by atoms with Crippen LogP contribution >= 0.6 is 0 Å². The zero-order valence-corrected chi connectivity index (χ0v) is 24.2. The monoisotopic (exact) mass is 549 g/mol.